The molecule has 0 bridgehead atoms. The first-order chi connectivity index (χ1) is 8.66. The lowest BCUT2D eigenvalue weighted by Gasteiger charge is -2.32. The highest BCUT2D eigenvalue weighted by Gasteiger charge is 2.21. The van der Waals surface area contributed by atoms with Gasteiger partial charge in [-0.15, -0.1) is 0 Å². The third kappa shape index (κ3) is 3.32. The number of rotatable bonds is 4. The minimum Gasteiger partial charge on any atom is -0.352 e. The van der Waals surface area contributed by atoms with Gasteiger partial charge in [0.25, 0.3) is 5.56 Å². The highest BCUT2D eigenvalue weighted by Crippen LogP contribution is 2.18. The number of nitrogens with one attached hydrogen (secondary N) is 2. The van der Waals surface area contributed by atoms with Gasteiger partial charge in [-0.05, 0) is 25.3 Å². The summed E-state index contributed by atoms with van der Waals surface area (Å²) in [7, 11) is 0. The van der Waals surface area contributed by atoms with Crippen molar-refractivity contribution < 1.29 is 0 Å². The Balaban J connectivity index is 1.87. The molecule has 0 amide bonds. The van der Waals surface area contributed by atoms with Crippen LogP contribution in [0.25, 0.3) is 0 Å². The van der Waals surface area contributed by atoms with Gasteiger partial charge in [0, 0.05) is 31.5 Å². The summed E-state index contributed by atoms with van der Waals surface area (Å²) in [6, 6.07) is 0.543. The number of nitrogens with zero attached hydrogens (tertiary/aromatic N) is 2. The highest BCUT2D eigenvalue weighted by molar-refractivity contribution is 5.35. The predicted molar refractivity (Wildman–Crippen MR) is 72.9 cm³/mol. The van der Waals surface area contributed by atoms with Crippen LogP contribution in [0.3, 0.4) is 0 Å². The van der Waals surface area contributed by atoms with E-state index in [2.05, 4.69) is 34.0 Å². The molecule has 2 heterocycles. The van der Waals surface area contributed by atoms with Gasteiger partial charge < -0.3 is 15.2 Å². The number of H-pyrrole nitrogens is 1. The third-order valence-electron chi connectivity index (χ3n) is 3.42. The van der Waals surface area contributed by atoms with Crippen LogP contribution in [-0.4, -0.2) is 35.6 Å². The molecule has 0 spiro atoms. The lowest BCUT2D eigenvalue weighted by molar-refractivity contribution is 0.369. The zero-order valence-corrected chi connectivity index (χ0v) is 11.1. The predicted octanol–water partition coefficient (Wildman–Crippen LogP) is 0.984. The van der Waals surface area contributed by atoms with Crippen LogP contribution in [0, 0.1) is 5.92 Å². The van der Waals surface area contributed by atoms with E-state index in [0.29, 0.717) is 17.8 Å². The van der Waals surface area contributed by atoms with E-state index in [4.69, 9.17) is 0 Å². The molecule has 5 heteroatoms. The normalized spacial score (nSPS) is 17.4. The number of aromatic nitrogens is 2. The summed E-state index contributed by atoms with van der Waals surface area (Å²) in [5.41, 5.74) is -0.0868. The number of hydrogen-bond acceptors (Lipinski definition) is 4. The molecular formula is C13H22N4O. The fourth-order valence-electron chi connectivity index (χ4n) is 2.32. The maximum absolute atomic E-state index is 11.6. The van der Waals surface area contributed by atoms with E-state index in [0.717, 1.165) is 32.5 Å². The maximum atomic E-state index is 11.6. The largest absolute Gasteiger partial charge is 0.352 e. The van der Waals surface area contributed by atoms with Crippen LogP contribution >= 0.6 is 0 Å². The van der Waals surface area contributed by atoms with Gasteiger partial charge in [0.1, 0.15) is 0 Å². The van der Waals surface area contributed by atoms with Crippen LogP contribution in [0.2, 0.25) is 0 Å². The Morgan fingerprint density at radius 3 is 2.83 bits per heavy atom. The SMILES string of the molecule is CC(C)NCC1CCN(c2ncc[nH]c2=O)CC1. The molecule has 0 atom stereocenters. The average molecular weight is 250 g/mol. The molecule has 5 nitrogen and oxygen atoms in total. The van der Waals surface area contributed by atoms with Crippen LogP contribution < -0.4 is 15.8 Å². The van der Waals surface area contributed by atoms with Gasteiger partial charge in [0.15, 0.2) is 5.82 Å². The fourth-order valence-corrected chi connectivity index (χ4v) is 2.32. The van der Waals surface area contributed by atoms with Gasteiger partial charge in [-0.2, -0.15) is 0 Å². The van der Waals surface area contributed by atoms with Crippen LogP contribution in [0.5, 0.6) is 0 Å². The van der Waals surface area contributed by atoms with Crippen LogP contribution in [-0.2, 0) is 0 Å². The molecule has 1 aromatic heterocycles. The summed E-state index contributed by atoms with van der Waals surface area (Å²) in [6.07, 6.45) is 5.46. The third-order valence-corrected chi connectivity index (χ3v) is 3.42. The van der Waals surface area contributed by atoms with E-state index in [1.54, 1.807) is 12.4 Å². The molecule has 1 aliphatic rings. The van der Waals surface area contributed by atoms with Gasteiger partial charge in [-0.1, -0.05) is 13.8 Å². The second-order valence-corrected chi connectivity index (χ2v) is 5.24. The molecule has 100 valence electrons. The first-order valence-electron chi connectivity index (χ1n) is 6.69. The molecule has 1 saturated heterocycles. The van der Waals surface area contributed by atoms with E-state index in [9.17, 15) is 4.79 Å². The smallest absolute Gasteiger partial charge is 0.290 e. The Morgan fingerprint density at radius 1 is 1.50 bits per heavy atom. The standard InChI is InChI=1S/C13H22N4O/c1-10(2)16-9-11-3-7-17(8-4-11)12-13(18)15-6-5-14-12/h5-6,10-11,16H,3-4,7-9H2,1-2H3,(H,15,18). The van der Waals surface area contributed by atoms with Crippen molar-refractivity contribution >= 4 is 5.82 Å². The van der Waals surface area contributed by atoms with Crippen LogP contribution in [0.4, 0.5) is 5.82 Å². The van der Waals surface area contributed by atoms with Gasteiger partial charge in [0.05, 0.1) is 0 Å². The summed E-state index contributed by atoms with van der Waals surface area (Å²) in [5, 5.41) is 3.48. The summed E-state index contributed by atoms with van der Waals surface area (Å²) < 4.78 is 0. The molecule has 0 aromatic carbocycles. The second kappa shape index (κ2) is 6.00. The molecule has 1 aliphatic heterocycles. The number of anilines is 1. The Morgan fingerprint density at radius 2 is 2.22 bits per heavy atom. The molecule has 2 N–H and O–H groups in total. The lowest BCUT2D eigenvalue weighted by atomic mass is 9.96. The zero-order chi connectivity index (χ0) is 13.0. The summed E-state index contributed by atoms with van der Waals surface area (Å²) in [6.45, 7) is 7.25. The minimum absolute atomic E-state index is 0.0868. The first kappa shape index (κ1) is 13.1. The van der Waals surface area contributed by atoms with Gasteiger partial charge in [-0.3, -0.25) is 4.79 Å². The maximum Gasteiger partial charge on any atom is 0.290 e. The van der Waals surface area contributed by atoms with E-state index >= 15 is 0 Å². The first-order valence-corrected chi connectivity index (χ1v) is 6.69. The number of aromatic amines is 1. The van der Waals surface area contributed by atoms with Crippen molar-refractivity contribution in [2.75, 3.05) is 24.5 Å². The average Bonchev–Trinajstić information content (AvgIpc) is 2.38. The summed E-state index contributed by atoms with van der Waals surface area (Å²) in [5.74, 6) is 1.28. The lowest BCUT2D eigenvalue weighted by Crippen LogP contribution is -2.41. The zero-order valence-electron chi connectivity index (χ0n) is 11.1. The van der Waals surface area contributed by atoms with E-state index in [1.807, 2.05) is 0 Å². The second-order valence-electron chi connectivity index (χ2n) is 5.24. The molecule has 2 rings (SSSR count). The Kier molecular flexibility index (Phi) is 4.36. The molecular weight excluding hydrogens is 228 g/mol. The monoisotopic (exact) mass is 250 g/mol. The quantitative estimate of drug-likeness (QED) is 0.836. The summed E-state index contributed by atoms with van der Waals surface area (Å²) >= 11 is 0. The van der Waals surface area contributed by atoms with Crippen molar-refractivity contribution in [1.82, 2.24) is 15.3 Å². The molecule has 18 heavy (non-hydrogen) atoms. The number of piperidine rings is 1. The fraction of sp³-hybridized carbons (Fsp3) is 0.692. The Hall–Kier alpha value is -1.36. The Bertz CT molecular complexity index is 421. The van der Waals surface area contributed by atoms with Gasteiger partial charge in [-0.25, -0.2) is 4.98 Å². The van der Waals surface area contributed by atoms with E-state index in [-0.39, 0.29) is 5.56 Å². The van der Waals surface area contributed by atoms with Gasteiger partial charge in [0.2, 0.25) is 0 Å². The molecule has 1 fully saturated rings. The van der Waals surface area contributed by atoms with Crippen molar-refractivity contribution in [2.24, 2.45) is 5.92 Å². The van der Waals surface area contributed by atoms with Crippen molar-refractivity contribution in [3.05, 3.63) is 22.7 Å². The molecule has 0 radical (unpaired) electrons. The highest BCUT2D eigenvalue weighted by atomic mass is 16.1. The van der Waals surface area contributed by atoms with Crippen LogP contribution in [0.1, 0.15) is 26.7 Å². The van der Waals surface area contributed by atoms with Gasteiger partial charge >= 0.3 is 0 Å². The summed E-state index contributed by atoms with van der Waals surface area (Å²) in [4.78, 5) is 20.6. The van der Waals surface area contributed by atoms with Crippen molar-refractivity contribution in [3.8, 4) is 0 Å². The van der Waals surface area contributed by atoms with Crippen molar-refractivity contribution in [2.45, 2.75) is 32.7 Å². The van der Waals surface area contributed by atoms with E-state index in [1.165, 1.54) is 0 Å². The molecule has 0 saturated carbocycles. The van der Waals surface area contributed by atoms with Crippen molar-refractivity contribution in [1.29, 1.82) is 0 Å². The molecule has 0 aliphatic carbocycles. The van der Waals surface area contributed by atoms with E-state index < -0.39 is 0 Å². The van der Waals surface area contributed by atoms with Crippen molar-refractivity contribution in [3.63, 3.8) is 0 Å². The van der Waals surface area contributed by atoms with Crippen LogP contribution in [0.15, 0.2) is 17.2 Å². The topological polar surface area (TPSA) is 61.0 Å². The molecule has 1 aromatic rings. The molecule has 0 unspecified atom stereocenters. The number of hydrogen-bond donors (Lipinski definition) is 2. The Labute approximate surface area is 108 Å². The minimum atomic E-state index is -0.0868.